The average Bonchev–Trinajstić information content (AvgIpc) is 2.91. The van der Waals surface area contributed by atoms with Crippen molar-refractivity contribution < 1.29 is 13.2 Å². The second kappa shape index (κ2) is 5.88. The molecule has 1 unspecified atom stereocenters. The zero-order chi connectivity index (χ0) is 14.8. The summed E-state index contributed by atoms with van der Waals surface area (Å²) in [7, 11) is -3.16. The number of nitrogens with zero attached hydrogens (tertiary/aromatic N) is 3. The minimum Gasteiger partial charge on any atom is -0.346 e. The molecular formula is C11H19N5O3S. The maximum Gasteiger partial charge on any atom is 0.223 e. The first kappa shape index (κ1) is 14.9. The Labute approximate surface area is 118 Å². The Bertz CT molecular complexity index is 549. The minimum absolute atomic E-state index is 0.0675. The van der Waals surface area contributed by atoms with E-state index in [-0.39, 0.29) is 17.9 Å². The standard InChI is InChI=1S/C11H19N5O3S/c1-8(10-12-7-13-15-10)14-11(17)9-3-5-16(6-4-9)20(2,18)19/h7-9H,3-6H2,1-2H3,(H,14,17)(H,12,13,15). The SMILES string of the molecule is CC(NC(=O)C1CCN(S(C)(=O)=O)CC1)c1ncn[nH]1. The van der Waals surface area contributed by atoms with E-state index in [0.717, 1.165) is 0 Å². The van der Waals surface area contributed by atoms with Gasteiger partial charge in [-0.1, -0.05) is 0 Å². The van der Waals surface area contributed by atoms with Crippen LogP contribution in [0.5, 0.6) is 0 Å². The highest BCUT2D eigenvalue weighted by Gasteiger charge is 2.29. The minimum atomic E-state index is -3.16. The molecule has 1 amide bonds. The molecule has 2 N–H and O–H groups in total. The van der Waals surface area contributed by atoms with Crippen LogP contribution >= 0.6 is 0 Å². The highest BCUT2D eigenvalue weighted by molar-refractivity contribution is 7.88. The Balaban J connectivity index is 1.86. The molecule has 1 aromatic rings. The van der Waals surface area contributed by atoms with Crippen LogP contribution in [0.4, 0.5) is 0 Å². The summed E-state index contributed by atoms with van der Waals surface area (Å²) in [5.41, 5.74) is 0. The van der Waals surface area contributed by atoms with Crippen molar-refractivity contribution in [3.63, 3.8) is 0 Å². The molecule has 2 rings (SSSR count). The molecule has 2 heterocycles. The predicted molar refractivity (Wildman–Crippen MR) is 72.1 cm³/mol. The van der Waals surface area contributed by atoms with Crippen molar-refractivity contribution in [2.75, 3.05) is 19.3 Å². The molecule has 1 saturated heterocycles. The Kier molecular flexibility index (Phi) is 4.39. The van der Waals surface area contributed by atoms with Crippen LogP contribution in [0, 0.1) is 5.92 Å². The first-order valence-corrected chi connectivity index (χ1v) is 8.33. The van der Waals surface area contributed by atoms with Gasteiger partial charge in [0.1, 0.15) is 12.2 Å². The largest absolute Gasteiger partial charge is 0.346 e. The van der Waals surface area contributed by atoms with Gasteiger partial charge < -0.3 is 5.32 Å². The van der Waals surface area contributed by atoms with Crippen LogP contribution in [0.3, 0.4) is 0 Å². The van der Waals surface area contributed by atoms with Crippen molar-refractivity contribution in [1.82, 2.24) is 24.8 Å². The van der Waals surface area contributed by atoms with Gasteiger partial charge in [-0.05, 0) is 19.8 Å². The third-order valence-corrected chi connectivity index (χ3v) is 4.80. The van der Waals surface area contributed by atoms with E-state index in [9.17, 15) is 13.2 Å². The zero-order valence-electron chi connectivity index (χ0n) is 11.5. The number of H-pyrrole nitrogens is 1. The Morgan fingerprint density at radius 2 is 2.15 bits per heavy atom. The van der Waals surface area contributed by atoms with Crippen molar-refractivity contribution in [3.8, 4) is 0 Å². The van der Waals surface area contributed by atoms with Crippen LogP contribution in [-0.2, 0) is 14.8 Å². The fourth-order valence-electron chi connectivity index (χ4n) is 2.27. The van der Waals surface area contributed by atoms with Crippen LogP contribution in [-0.4, -0.2) is 53.2 Å². The Morgan fingerprint density at radius 1 is 1.50 bits per heavy atom. The van der Waals surface area contributed by atoms with Gasteiger partial charge in [0.2, 0.25) is 15.9 Å². The Morgan fingerprint density at radius 3 is 2.65 bits per heavy atom. The molecule has 0 bridgehead atoms. The van der Waals surface area contributed by atoms with Gasteiger partial charge in [-0.2, -0.15) is 5.10 Å². The smallest absolute Gasteiger partial charge is 0.223 e. The van der Waals surface area contributed by atoms with E-state index in [2.05, 4.69) is 20.5 Å². The summed E-state index contributed by atoms with van der Waals surface area (Å²) in [6.07, 6.45) is 3.67. The van der Waals surface area contributed by atoms with Crippen LogP contribution in [0.15, 0.2) is 6.33 Å². The van der Waals surface area contributed by atoms with E-state index < -0.39 is 10.0 Å². The number of piperidine rings is 1. The molecule has 1 fully saturated rings. The van der Waals surface area contributed by atoms with Gasteiger partial charge in [-0.25, -0.2) is 17.7 Å². The number of nitrogens with one attached hydrogen (secondary N) is 2. The fourth-order valence-corrected chi connectivity index (χ4v) is 3.15. The van der Waals surface area contributed by atoms with Crippen molar-refractivity contribution in [2.45, 2.75) is 25.8 Å². The van der Waals surface area contributed by atoms with Crippen LogP contribution < -0.4 is 5.32 Å². The number of hydrogen-bond donors (Lipinski definition) is 2. The average molecular weight is 301 g/mol. The summed E-state index contributed by atoms with van der Waals surface area (Å²) < 4.78 is 24.2. The number of carbonyl (C=O) groups excluding carboxylic acids is 1. The topological polar surface area (TPSA) is 108 Å². The van der Waals surface area contributed by atoms with Crippen molar-refractivity contribution in [1.29, 1.82) is 0 Å². The number of sulfonamides is 1. The third kappa shape index (κ3) is 3.54. The van der Waals surface area contributed by atoms with E-state index in [1.165, 1.54) is 16.9 Å². The second-order valence-electron chi connectivity index (χ2n) is 5.04. The number of amides is 1. The van der Waals surface area contributed by atoms with Gasteiger partial charge in [0, 0.05) is 19.0 Å². The summed E-state index contributed by atoms with van der Waals surface area (Å²) in [5.74, 6) is 0.382. The maximum absolute atomic E-state index is 12.1. The van der Waals surface area contributed by atoms with Gasteiger partial charge in [-0.3, -0.25) is 9.89 Å². The summed E-state index contributed by atoms with van der Waals surface area (Å²) in [6.45, 7) is 2.62. The fraction of sp³-hybridized carbons (Fsp3) is 0.727. The third-order valence-electron chi connectivity index (χ3n) is 3.50. The molecule has 0 saturated carbocycles. The molecule has 1 atom stereocenters. The number of hydrogen-bond acceptors (Lipinski definition) is 5. The molecule has 9 heteroatoms. The van der Waals surface area contributed by atoms with E-state index in [4.69, 9.17) is 0 Å². The zero-order valence-corrected chi connectivity index (χ0v) is 12.4. The number of aromatic amines is 1. The first-order chi connectivity index (χ1) is 9.38. The molecular weight excluding hydrogens is 282 g/mol. The number of rotatable bonds is 4. The lowest BCUT2D eigenvalue weighted by Crippen LogP contribution is -2.43. The summed E-state index contributed by atoms with van der Waals surface area (Å²) in [4.78, 5) is 16.1. The first-order valence-electron chi connectivity index (χ1n) is 6.48. The number of carbonyl (C=O) groups is 1. The molecule has 20 heavy (non-hydrogen) atoms. The second-order valence-corrected chi connectivity index (χ2v) is 7.02. The van der Waals surface area contributed by atoms with Gasteiger partial charge >= 0.3 is 0 Å². The van der Waals surface area contributed by atoms with Crippen molar-refractivity contribution >= 4 is 15.9 Å². The number of aromatic nitrogens is 3. The van der Waals surface area contributed by atoms with E-state index in [1.54, 1.807) is 0 Å². The van der Waals surface area contributed by atoms with Crippen LogP contribution in [0.25, 0.3) is 0 Å². The van der Waals surface area contributed by atoms with Crippen LogP contribution in [0.1, 0.15) is 31.6 Å². The molecule has 1 aliphatic rings. The summed E-state index contributed by atoms with van der Waals surface area (Å²) >= 11 is 0. The quantitative estimate of drug-likeness (QED) is 0.790. The molecule has 8 nitrogen and oxygen atoms in total. The predicted octanol–water partition coefficient (Wildman–Crippen LogP) is -0.346. The van der Waals surface area contributed by atoms with E-state index in [1.807, 2.05) is 6.92 Å². The highest BCUT2D eigenvalue weighted by atomic mass is 32.2. The lowest BCUT2D eigenvalue weighted by Gasteiger charge is -2.29. The lowest BCUT2D eigenvalue weighted by molar-refractivity contribution is -0.126. The molecule has 0 radical (unpaired) electrons. The molecule has 112 valence electrons. The van der Waals surface area contributed by atoms with E-state index >= 15 is 0 Å². The summed E-state index contributed by atoms with van der Waals surface area (Å²) in [5, 5.41) is 9.31. The van der Waals surface area contributed by atoms with Gasteiger partial charge in [0.05, 0.1) is 12.3 Å². The molecule has 1 aliphatic heterocycles. The van der Waals surface area contributed by atoms with E-state index in [0.29, 0.717) is 31.8 Å². The summed E-state index contributed by atoms with van der Waals surface area (Å²) in [6, 6.07) is -0.238. The molecule has 0 spiro atoms. The Hall–Kier alpha value is -1.48. The monoisotopic (exact) mass is 301 g/mol. The maximum atomic E-state index is 12.1. The van der Waals surface area contributed by atoms with Crippen molar-refractivity contribution in [3.05, 3.63) is 12.2 Å². The molecule has 0 aromatic carbocycles. The highest BCUT2D eigenvalue weighted by Crippen LogP contribution is 2.20. The normalized spacial score (nSPS) is 19.7. The van der Waals surface area contributed by atoms with Gasteiger partial charge in [-0.15, -0.1) is 0 Å². The van der Waals surface area contributed by atoms with Gasteiger partial charge in [0.15, 0.2) is 0 Å². The lowest BCUT2D eigenvalue weighted by atomic mass is 9.97. The van der Waals surface area contributed by atoms with Gasteiger partial charge in [0.25, 0.3) is 0 Å². The van der Waals surface area contributed by atoms with Crippen LogP contribution in [0.2, 0.25) is 0 Å². The molecule has 1 aromatic heterocycles. The molecule has 0 aliphatic carbocycles. The van der Waals surface area contributed by atoms with Crippen molar-refractivity contribution in [2.24, 2.45) is 5.92 Å².